The van der Waals surface area contributed by atoms with Gasteiger partial charge in [-0.2, -0.15) is 0 Å². The predicted octanol–water partition coefficient (Wildman–Crippen LogP) is 6.72. The van der Waals surface area contributed by atoms with Crippen molar-refractivity contribution in [3.63, 3.8) is 0 Å². The van der Waals surface area contributed by atoms with Crippen LogP contribution < -0.4 is 10.0 Å². The smallest absolute Gasteiger partial charge is 0.262 e. The first-order valence-corrected chi connectivity index (χ1v) is 13.9. The van der Waals surface area contributed by atoms with Crippen LogP contribution in [0.15, 0.2) is 35.4 Å². The summed E-state index contributed by atoms with van der Waals surface area (Å²) in [6.07, 6.45) is 8.89. The Hall–Kier alpha value is -2.16. The van der Waals surface area contributed by atoms with Gasteiger partial charge in [0.05, 0.1) is 27.4 Å². The van der Waals surface area contributed by atoms with Crippen LogP contribution in [0.25, 0.3) is 10.4 Å². The topological polar surface area (TPSA) is 84.0 Å². The van der Waals surface area contributed by atoms with Crippen LogP contribution in [-0.2, 0) is 10.0 Å². The van der Waals surface area contributed by atoms with Crippen LogP contribution in [0, 0.1) is 20.8 Å². The minimum Gasteiger partial charge on any atom is -0.359 e. The number of aromatic nitrogens is 2. The maximum Gasteiger partial charge on any atom is 0.262 e. The van der Waals surface area contributed by atoms with Gasteiger partial charge in [-0.3, -0.25) is 4.72 Å². The van der Waals surface area contributed by atoms with Crippen LogP contribution in [0.1, 0.15) is 55.3 Å². The molecule has 0 amide bonds. The van der Waals surface area contributed by atoms with E-state index in [-0.39, 0.29) is 4.90 Å². The van der Waals surface area contributed by atoms with E-state index in [4.69, 9.17) is 16.6 Å². The van der Waals surface area contributed by atoms with E-state index >= 15 is 0 Å². The number of halogens is 1. The first-order chi connectivity index (χ1) is 15.7. The minimum absolute atomic E-state index is 0.235. The highest BCUT2D eigenvalue weighted by Gasteiger charge is 2.21. The maximum atomic E-state index is 13.2. The predicted molar refractivity (Wildman–Crippen MR) is 137 cm³/mol. The quantitative estimate of drug-likeness (QED) is 0.287. The third-order valence-electron chi connectivity index (χ3n) is 5.99. The van der Waals surface area contributed by atoms with Gasteiger partial charge < -0.3 is 5.32 Å². The molecule has 0 spiro atoms. The molecule has 0 saturated heterocycles. The zero-order chi connectivity index (χ0) is 23.6. The van der Waals surface area contributed by atoms with Crippen molar-refractivity contribution in [1.29, 1.82) is 0 Å². The highest BCUT2D eigenvalue weighted by Crippen LogP contribution is 2.36. The van der Waals surface area contributed by atoms with Crippen molar-refractivity contribution in [2.45, 2.75) is 70.2 Å². The van der Waals surface area contributed by atoms with Crippen molar-refractivity contribution in [2.75, 3.05) is 10.0 Å². The Bertz CT molecular complexity index is 1250. The van der Waals surface area contributed by atoms with Crippen molar-refractivity contribution in [3.8, 4) is 10.4 Å². The van der Waals surface area contributed by atoms with Crippen molar-refractivity contribution in [2.24, 2.45) is 0 Å². The van der Waals surface area contributed by atoms with Crippen molar-refractivity contribution in [3.05, 3.63) is 52.4 Å². The zero-order valence-corrected chi connectivity index (χ0v) is 21.5. The van der Waals surface area contributed by atoms with Crippen molar-refractivity contribution in [1.82, 2.24) is 9.97 Å². The molecule has 4 rings (SSSR count). The molecule has 2 heterocycles. The Balaban J connectivity index is 1.60. The van der Waals surface area contributed by atoms with Gasteiger partial charge in [-0.1, -0.05) is 60.8 Å². The molecule has 9 heteroatoms. The molecule has 0 bridgehead atoms. The van der Waals surface area contributed by atoms with Crippen LogP contribution in [0.2, 0.25) is 5.15 Å². The Morgan fingerprint density at radius 3 is 2.45 bits per heavy atom. The van der Waals surface area contributed by atoms with E-state index in [9.17, 15) is 8.42 Å². The molecule has 0 atom stereocenters. The summed E-state index contributed by atoms with van der Waals surface area (Å²) in [5, 5.41) is 4.86. The third-order valence-corrected chi connectivity index (χ3v) is 9.04. The number of hydrogen-bond acceptors (Lipinski definition) is 6. The molecule has 6 nitrogen and oxygen atoms in total. The molecule has 0 radical (unpaired) electrons. The molecule has 2 N–H and O–H groups in total. The molecule has 3 aromatic rings. The average molecular weight is 505 g/mol. The molecule has 2 aromatic heterocycles. The molecule has 33 heavy (non-hydrogen) atoms. The summed E-state index contributed by atoms with van der Waals surface area (Å²) >= 11 is 7.55. The lowest BCUT2D eigenvalue weighted by atomic mass is 10.1. The summed E-state index contributed by atoms with van der Waals surface area (Å²) in [6.45, 7) is 5.55. The minimum atomic E-state index is -3.80. The lowest BCUT2D eigenvalue weighted by Gasteiger charge is -2.14. The van der Waals surface area contributed by atoms with E-state index in [2.05, 4.69) is 15.0 Å². The lowest BCUT2D eigenvalue weighted by molar-refractivity contribution is 0.600. The van der Waals surface area contributed by atoms with E-state index in [0.29, 0.717) is 28.0 Å². The van der Waals surface area contributed by atoms with Gasteiger partial charge in [0.1, 0.15) is 5.15 Å². The lowest BCUT2D eigenvalue weighted by Crippen LogP contribution is -2.17. The van der Waals surface area contributed by atoms with E-state index in [1.165, 1.54) is 44.7 Å². The van der Waals surface area contributed by atoms with Gasteiger partial charge in [0.2, 0.25) is 0 Å². The summed E-state index contributed by atoms with van der Waals surface area (Å²) in [6, 6.07) is 7.65. The fraction of sp³-hybridized carbons (Fsp3) is 0.417. The molecule has 1 saturated carbocycles. The van der Waals surface area contributed by atoms with Gasteiger partial charge in [-0.25, -0.2) is 18.4 Å². The molecule has 176 valence electrons. The van der Waals surface area contributed by atoms with E-state index in [1.807, 2.05) is 19.1 Å². The number of rotatable bonds is 6. The molecule has 0 aliphatic heterocycles. The fourth-order valence-electron chi connectivity index (χ4n) is 4.18. The van der Waals surface area contributed by atoms with E-state index < -0.39 is 10.0 Å². The number of anilines is 2. The highest BCUT2D eigenvalue weighted by molar-refractivity contribution is 7.92. The fourth-order valence-corrected chi connectivity index (χ4v) is 6.63. The Morgan fingerprint density at radius 2 is 1.76 bits per heavy atom. The first-order valence-electron chi connectivity index (χ1n) is 11.2. The summed E-state index contributed by atoms with van der Waals surface area (Å²) in [5.74, 6) is 0. The summed E-state index contributed by atoms with van der Waals surface area (Å²) < 4.78 is 29.0. The molecular weight excluding hydrogens is 476 g/mol. The summed E-state index contributed by atoms with van der Waals surface area (Å²) in [5.41, 5.74) is 3.50. The number of nitrogens with zero attached hydrogens (tertiary/aromatic N) is 2. The van der Waals surface area contributed by atoms with Gasteiger partial charge in [0, 0.05) is 6.04 Å². The second-order valence-electron chi connectivity index (χ2n) is 8.68. The van der Waals surface area contributed by atoms with Gasteiger partial charge in [0.25, 0.3) is 10.0 Å². The number of thiazole rings is 1. The van der Waals surface area contributed by atoms with Crippen LogP contribution in [-0.4, -0.2) is 24.4 Å². The van der Waals surface area contributed by atoms with Crippen molar-refractivity contribution >= 4 is 43.8 Å². The highest BCUT2D eigenvalue weighted by atomic mass is 35.5. The molecule has 1 aromatic carbocycles. The Morgan fingerprint density at radius 1 is 1.03 bits per heavy atom. The monoisotopic (exact) mass is 504 g/mol. The average Bonchev–Trinajstić information content (AvgIpc) is 2.95. The van der Waals surface area contributed by atoms with Crippen LogP contribution in [0.3, 0.4) is 0 Å². The Kier molecular flexibility index (Phi) is 7.26. The second kappa shape index (κ2) is 9.99. The van der Waals surface area contributed by atoms with E-state index in [1.54, 1.807) is 37.3 Å². The van der Waals surface area contributed by atoms with Crippen molar-refractivity contribution < 1.29 is 8.42 Å². The maximum absolute atomic E-state index is 13.2. The normalized spacial score (nSPS) is 15.3. The largest absolute Gasteiger partial charge is 0.359 e. The molecule has 0 unspecified atom stereocenters. The second-order valence-corrected chi connectivity index (χ2v) is 11.7. The number of nitrogens with one attached hydrogen (secondary N) is 2. The van der Waals surface area contributed by atoms with E-state index in [0.717, 1.165) is 21.3 Å². The Labute approximate surface area is 204 Å². The first kappa shape index (κ1) is 24.0. The van der Waals surface area contributed by atoms with Gasteiger partial charge in [-0.15, -0.1) is 0 Å². The molecule has 1 fully saturated rings. The number of benzene rings is 1. The third kappa shape index (κ3) is 5.67. The van der Waals surface area contributed by atoms with Gasteiger partial charge >= 0.3 is 0 Å². The number of aryl methyl sites for hydroxylation is 3. The SMILES string of the molecule is Cc1ccc(-c2sc(NC3CCCCCC3)nc2C)cc1S(=O)(=O)Nc1cnc(Cl)c(C)c1. The number of sulfonamides is 1. The summed E-state index contributed by atoms with van der Waals surface area (Å²) in [4.78, 5) is 9.98. The number of hydrogen-bond donors (Lipinski definition) is 2. The van der Waals surface area contributed by atoms with Crippen LogP contribution in [0.4, 0.5) is 10.8 Å². The van der Waals surface area contributed by atoms with Gasteiger partial charge in [0.15, 0.2) is 5.13 Å². The van der Waals surface area contributed by atoms with Crippen LogP contribution >= 0.6 is 22.9 Å². The molecular formula is C24H29ClN4O2S2. The van der Waals surface area contributed by atoms with Gasteiger partial charge in [-0.05, 0) is 62.4 Å². The molecule has 1 aliphatic rings. The standard InChI is InChI=1S/C24H29ClN4O2S2/c1-15-10-11-18(13-21(15)33(30,31)29-20-12-16(2)23(25)26-14-20)22-17(3)27-24(32-22)28-19-8-6-4-5-7-9-19/h10-14,19,29H,4-9H2,1-3H3,(H,27,28). The number of pyridine rings is 1. The van der Waals surface area contributed by atoms with Crippen LogP contribution in [0.5, 0.6) is 0 Å². The summed E-state index contributed by atoms with van der Waals surface area (Å²) in [7, 11) is -3.80. The zero-order valence-electron chi connectivity index (χ0n) is 19.1. The molecule has 1 aliphatic carbocycles.